The van der Waals surface area contributed by atoms with Crippen LogP contribution < -0.4 is 15.0 Å². The number of pyridine rings is 1. The van der Waals surface area contributed by atoms with E-state index in [-0.39, 0.29) is 11.7 Å². The molecule has 0 bridgehead atoms. The summed E-state index contributed by atoms with van der Waals surface area (Å²) in [5.74, 6) is 0.304. The lowest BCUT2D eigenvalue weighted by Crippen LogP contribution is -2.27. The van der Waals surface area contributed by atoms with Crippen LogP contribution in [0.15, 0.2) is 85.1 Å². The van der Waals surface area contributed by atoms with E-state index >= 15 is 0 Å². The van der Waals surface area contributed by atoms with Gasteiger partial charge in [0.1, 0.15) is 5.75 Å². The number of phenols is 1. The molecule has 6 heteroatoms. The van der Waals surface area contributed by atoms with E-state index in [0.717, 1.165) is 5.56 Å². The lowest BCUT2D eigenvalue weighted by atomic mass is 10.0. The van der Waals surface area contributed by atoms with Gasteiger partial charge in [0, 0.05) is 17.2 Å². The monoisotopic (exact) mass is 445 g/mol. The second kappa shape index (κ2) is 9.54. The number of fused-ring (bicyclic) bond motifs is 1. The third-order valence-electron chi connectivity index (χ3n) is 5.14. The third kappa shape index (κ3) is 4.58. The molecular formula is C26H22ClN2O3+. The SMILES string of the molecule is COc1cccc(C(=O)NC(C=Cc2ccccc2)c2cc(Cl)c3ccc[nH+]c3c2O)c1. The number of halogens is 1. The molecule has 0 aliphatic rings. The second-order valence-corrected chi connectivity index (χ2v) is 7.62. The Labute approximate surface area is 191 Å². The number of carbonyl (C=O) groups is 1. The number of aromatic nitrogens is 1. The van der Waals surface area contributed by atoms with E-state index in [9.17, 15) is 9.90 Å². The average Bonchev–Trinajstić information content (AvgIpc) is 2.84. The molecule has 0 radical (unpaired) electrons. The number of hydrogen-bond donors (Lipinski definition) is 2. The molecular weight excluding hydrogens is 424 g/mol. The minimum absolute atomic E-state index is 0.0265. The fourth-order valence-electron chi connectivity index (χ4n) is 3.49. The van der Waals surface area contributed by atoms with Crippen molar-refractivity contribution in [2.24, 2.45) is 0 Å². The van der Waals surface area contributed by atoms with E-state index in [0.29, 0.717) is 32.8 Å². The van der Waals surface area contributed by atoms with Crippen LogP contribution in [0.2, 0.25) is 5.02 Å². The largest absolute Gasteiger partial charge is 0.502 e. The predicted octanol–water partition coefficient (Wildman–Crippen LogP) is 5.21. The molecule has 1 heterocycles. The first-order chi connectivity index (χ1) is 15.6. The standard InChI is InChI=1S/C26H21ClN2O3/c1-32-19-10-5-9-18(15-19)26(31)29-23(13-12-17-7-3-2-4-8-17)21-16-22(27)20-11-6-14-28-24(20)25(21)30/h2-16,23,30H,1H3,(H,29,31)/p+1. The van der Waals surface area contributed by atoms with E-state index in [4.69, 9.17) is 16.3 Å². The van der Waals surface area contributed by atoms with Gasteiger partial charge >= 0.3 is 0 Å². The lowest BCUT2D eigenvalue weighted by molar-refractivity contribution is -0.345. The van der Waals surface area contributed by atoms with Gasteiger partial charge in [-0.1, -0.05) is 60.2 Å². The highest BCUT2D eigenvalue weighted by atomic mass is 35.5. The minimum atomic E-state index is -0.635. The first kappa shape index (κ1) is 21.4. The van der Waals surface area contributed by atoms with Crippen molar-refractivity contribution in [1.29, 1.82) is 0 Å². The van der Waals surface area contributed by atoms with Crippen LogP contribution in [0.25, 0.3) is 17.0 Å². The Morgan fingerprint density at radius 3 is 2.69 bits per heavy atom. The first-order valence-electron chi connectivity index (χ1n) is 10.1. The zero-order chi connectivity index (χ0) is 22.5. The third-order valence-corrected chi connectivity index (χ3v) is 5.45. The Kier molecular flexibility index (Phi) is 6.38. The molecule has 3 N–H and O–H groups in total. The van der Waals surface area contributed by atoms with Gasteiger partial charge in [-0.25, -0.2) is 4.98 Å². The van der Waals surface area contributed by atoms with Gasteiger partial charge in [0.05, 0.1) is 23.6 Å². The maximum Gasteiger partial charge on any atom is 0.254 e. The number of aromatic amines is 1. The highest BCUT2D eigenvalue weighted by molar-refractivity contribution is 6.35. The van der Waals surface area contributed by atoms with Crippen LogP contribution in [-0.2, 0) is 0 Å². The Hall–Kier alpha value is -3.83. The van der Waals surface area contributed by atoms with Crippen LogP contribution >= 0.6 is 11.6 Å². The summed E-state index contributed by atoms with van der Waals surface area (Å²) < 4.78 is 5.23. The predicted molar refractivity (Wildman–Crippen MR) is 126 cm³/mol. The molecule has 1 amide bonds. The molecule has 4 rings (SSSR count). The average molecular weight is 446 g/mol. The van der Waals surface area contributed by atoms with Crippen LogP contribution in [-0.4, -0.2) is 18.1 Å². The summed E-state index contributed by atoms with van der Waals surface area (Å²) in [5, 5.41) is 15.2. The van der Waals surface area contributed by atoms with Crippen LogP contribution in [0.5, 0.6) is 11.5 Å². The molecule has 1 aromatic heterocycles. The molecule has 0 fully saturated rings. The number of amides is 1. The van der Waals surface area contributed by atoms with Gasteiger partial charge in [-0.15, -0.1) is 0 Å². The molecule has 5 nitrogen and oxygen atoms in total. The van der Waals surface area contributed by atoms with Crippen molar-refractivity contribution < 1.29 is 19.6 Å². The summed E-state index contributed by atoms with van der Waals surface area (Å²) in [6.45, 7) is 0. The fourth-order valence-corrected chi connectivity index (χ4v) is 3.76. The Balaban J connectivity index is 1.76. The molecule has 0 saturated carbocycles. The number of aromatic hydroxyl groups is 1. The van der Waals surface area contributed by atoms with Crippen LogP contribution in [0.1, 0.15) is 27.5 Å². The van der Waals surface area contributed by atoms with Crippen molar-refractivity contribution in [2.45, 2.75) is 6.04 Å². The number of carbonyl (C=O) groups excluding carboxylic acids is 1. The van der Waals surface area contributed by atoms with E-state index in [1.165, 1.54) is 0 Å². The molecule has 0 aliphatic carbocycles. The fraction of sp³-hybridized carbons (Fsp3) is 0.0769. The number of hydrogen-bond acceptors (Lipinski definition) is 3. The normalized spacial score (nSPS) is 12.1. The van der Waals surface area contributed by atoms with Gasteiger partial charge in [0.2, 0.25) is 0 Å². The number of H-pyrrole nitrogens is 1. The molecule has 0 aliphatic heterocycles. The first-order valence-corrected chi connectivity index (χ1v) is 10.4. The van der Waals surface area contributed by atoms with Gasteiger partial charge in [-0.2, -0.15) is 0 Å². The molecule has 3 aromatic carbocycles. The minimum Gasteiger partial charge on any atom is -0.502 e. The van der Waals surface area contributed by atoms with E-state index in [1.54, 1.807) is 43.6 Å². The molecule has 0 spiro atoms. The molecule has 0 saturated heterocycles. The highest BCUT2D eigenvalue weighted by Crippen LogP contribution is 2.36. The number of methoxy groups -OCH3 is 1. The number of ether oxygens (including phenoxy) is 1. The van der Waals surface area contributed by atoms with Crippen molar-refractivity contribution >= 4 is 34.5 Å². The smallest absolute Gasteiger partial charge is 0.254 e. The topological polar surface area (TPSA) is 72.7 Å². The summed E-state index contributed by atoms with van der Waals surface area (Å²) in [6.07, 6.45) is 5.43. The van der Waals surface area contributed by atoms with Crippen LogP contribution in [0, 0.1) is 0 Å². The van der Waals surface area contributed by atoms with Gasteiger partial charge in [0.25, 0.3) is 11.4 Å². The summed E-state index contributed by atoms with van der Waals surface area (Å²) in [6, 6.07) is 21.3. The quantitative estimate of drug-likeness (QED) is 0.428. The molecule has 1 atom stereocenters. The van der Waals surface area contributed by atoms with Crippen molar-refractivity contribution in [2.75, 3.05) is 7.11 Å². The second-order valence-electron chi connectivity index (χ2n) is 7.21. The summed E-state index contributed by atoms with van der Waals surface area (Å²) in [5.41, 5.74) is 2.39. The highest BCUT2D eigenvalue weighted by Gasteiger charge is 2.23. The van der Waals surface area contributed by atoms with Gasteiger partial charge < -0.3 is 15.2 Å². The van der Waals surface area contributed by atoms with E-state index in [2.05, 4.69) is 10.3 Å². The summed E-state index contributed by atoms with van der Waals surface area (Å²) >= 11 is 6.50. The Morgan fingerprint density at radius 1 is 1.09 bits per heavy atom. The number of rotatable bonds is 6. The van der Waals surface area contributed by atoms with E-state index in [1.807, 2.05) is 54.6 Å². The molecule has 32 heavy (non-hydrogen) atoms. The number of nitrogens with one attached hydrogen (secondary N) is 2. The molecule has 4 aromatic rings. The zero-order valence-corrected chi connectivity index (χ0v) is 18.1. The van der Waals surface area contributed by atoms with Crippen molar-refractivity contribution in [1.82, 2.24) is 5.32 Å². The Morgan fingerprint density at radius 2 is 1.91 bits per heavy atom. The summed E-state index contributed by atoms with van der Waals surface area (Å²) in [4.78, 5) is 16.1. The van der Waals surface area contributed by atoms with Crippen molar-refractivity contribution in [3.63, 3.8) is 0 Å². The van der Waals surface area contributed by atoms with Crippen LogP contribution in [0.4, 0.5) is 0 Å². The zero-order valence-electron chi connectivity index (χ0n) is 17.4. The maximum absolute atomic E-state index is 13.0. The van der Waals surface area contributed by atoms with Crippen molar-refractivity contribution in [3.05, 3.63) is 107 Å². The Bertz CT molecular complexity index is 1290. The van der Waals surface area contributed by atoms with E-state index < -0.39 is 6.04 Å². The van der Waals surface area contributed by atoms with Gasteiger partial charge in [-0.05, 0) is 35.9 Å². The number of phenolic OH excluding ortho intramolecular Hbond substituents is 1. The number of benzene rings is 3. The molecule has 160 valence electrons. The van der Waals surface area contributed by atoms with Gasteiger partial charge in [-0.3, -0.25) is 4.79 Å². The van der Waals surface area contributed by atoms with Crippen molar-refractivity contribution in [3.8, 4) is 11.5 Å². The summed E-state index contributed by atoms with van der Waals surface area (Å²) in [7, 11) is 1.55. The van der Waals surface area contributed by atoms with Gasteiger partial charge in [0.15, 0.2) is 11.9 Å². The lowest BCUT2D eigenvalue weighted by Gasteiger charge is -2.18. The maximum atomic E-state index is 13.0. The molecule has 1 unspecified atom stereocenters. The van der Waals surface area contributed by atoms with Crippen LogP contribution in [0.3, 0.4) is 0 Å².